The van der Waals surface area contributed by atoms with Gasteiger partial charge >= 0.3 is 12.1 Å². The standard InChI is InChI=1S/C17H12ClF3O3/c1-10(16(22)23-2)14-8-7-13(9-15(14)17(19,20)21)24-12-5-3-11(18)4-6-12/h3-9H,1H2,2H3. The first-order valence-electron chi connectivity index (χ1n) is 6.64. The summed E-state index contributed by atoms with van der Waals surface area (Å²) in [6, 6.07) is 9.39. The van der Waals surface area contributed by atoms with Crippen LogP contribution in [-0.4, -0.2) is 13.1 Å². The van der Waals surface area contributed by atoms with E-state index < -0.39 is 17.7 Å². The van der Waals surface area contributed by atoms with E-state index in [0.29, 0.717) is 10.8 Å². The number of carbonyl (C=O) groups excluding carboxylic acids is 1. The minimum absolute atomic E-state index is 0.0361. The van der Waals surface area contributed by atoms with Gasteiger partial charge in [0, 0.05) is 10.6 Å². The molecular formula is C17H12ClF3O3. The molecule has 0 aliphatic heterocycles. The van der Waals surface area contributed by atoms with Crippen molar-refractivity contribution in [3.8, 4) is 11.5 Å². The van der Waals surface area contributed by atoms with E-state index in [4.69, 9.17) is 16.3 Å². The molecule has 0 atom stereocenters. The van der Waals surface area contributed by atoms with E-state index in [0.717, 1.165) is 19.2 Å². The number of ether oxygens (including phenoxy) is 2. The topological polar surface area (TPSA) is 35.5 Å². The Hall–Kier alpha value is -2.47. The minimum atomic E-state index is -4.69. The zero-order chi connectivity index (χ0) is 17.9. The van der Waals surface area contributed by atoms with Gasteiger partial charge in [-0.3, -0.25) is 0 Å². The van der Waals surface area contributed by atoms with Crippen LogP contribution in [0.1, 0.15) is 11.1 Å². The summed E-state index contributed by atoms with van der Waals surface area (Å²) in [7, 11) is 1.07. The largest absolute Gasteiger partial charge is 0.465 e. The molecule has 2 rings (SSSR count). The Kier molecular flexibility index (Phi) is 5.19. The number of carbonyl (C=O) groups is 1. The number of hydrogen-bond donors (Lipinski definition) is 0. The SMILES string of the molecule is C=C(C(=O)OC)c1ccc(Oc2ccc(Cl)cc2)cc1C(F)(F)F. The number of benzene rings is 2. The lowest BCUT2D eigenvalue weighted by Crippen LogP contribution is -2.12. The molecular weight excluding hydrogens is 345 g/mol. The van der Waals surface area contributed by atoms with Gasteiger partial charge in [-0.05, 0) is 42.5 Å². The van der Waals surface area contributed by atoms with Gasteiger partial charge in [-0.25, -0.2) is 4.79 Å². The molecule has 0 aliphatic carbocycles. The second-order valence-corrected chi connectivity index (χ2v) is 5.17. The van der Waals surface area contributed by atoms with Crippen molar-refractivity contribution < 1.29 is 27.4 Å². The van der Waals surface area contributed by atoms with E-state index in [-0.39, 0.29) is 16.9 Å². The van der Waals surface area contributed by atoms with Crippen LogP contribution in [0.15, 0.2) is 49.0 Å². The van der Waals surface area contributed by atoms with Crippen molar-refractivity contribution >= 4 is 23.1 Å². The molecule has 0 aromatic heterocycles. The summed E-state index contributed by atoms with van der Waals surface area (Å²) in [5.74, 6) is -0.648. The molecule has 0 spiro atoms. The molecule has 0 amide bonds. The second-order valence-electron chi connectivity index (χ2n) is 4.73. The van der Waals surface area contributed by atoms with Crippen molar-refractivity contribution in [2.24, 2.45) is 0 Å². The van der Waals surface area contributed by atoms with Crippen LogP contribution in [0.2, 0.25) is 5.02 Å². The van der Waals surface area contributed by atoms with Crippen LogP contribution in [0, 0.1) is 0 Å². The van der Waals surface area contributed by atoms with Crippen LogP contribution in [0.3, 0.4) is 0 Å². The zero-order valence-electron chi connectivity index (χ0n) is 12.5. The molecule has 0 fully saturated rings. The summed E-state index contributed by atoms with van der Waals surface area (Å²) < 4.78 is 49.7. The molecule has 0 radical (unpaired) electrons. The summed E-state index contributed by atoms with van der Waals surface area (Å²) in [5.41, 5.74) is -1.79. The molecule has 0 heterocycles. The van der Waals surface area contributed by atoms with E-state index in [1.54, 1.807) is 12.1 Å². The first-order valence-corrected chi connectivity index (χ1v) is 7.02. The summed E-state index contributed by atoms with van der Waals surface area (Å²) in [6.45, 7) is 3.36. The summed E-state index contributed by atoms with van der Waals surface area (Å²) in [6.07, 6.45) is -4.69. The lowest BCUT2D eigenvalue weighted by molar-refractivity contribution is -0.138. The maximum atomic E-state index is 13.3. The molecule has 0 saturated heterocycles. The molecule has 0 unspecified atom stereocenters. The van der Waals surface area contributed by atoms with Crippen LogP contribution in [-0.2, 0) is 15.7 Å². The van der Waals surface area contributed by atoms with Gasteiger partial charge in [0.05, 0.1) is 18.2 Å². The second kappa shape index (κ2) is 6.97. The summed E-state index contributed by atoms with van der Waals surface area (Å²) >= 11 is 5.74. The monoisotopic (exact) mass is 356 g/mol. The van der Waals surface area contributed by atoms with Crippen LogP contribution in [0.5, 0.6) is 11.5 Å². The zero-order valence-corrected chi connectivity index (χ0v) is 13.2. The normalized spacial score (nSPS) is 11.0. The highest BCUT2D eigenvalue weighted by atomic mass is 35.5. The third-order valence-electron chi connectivity index (χ3n) is 3.10. The van der Waals surface area contributed by atoms with Crippen LogP contribution in [0.25, 0.3) is 5.57 Å². The van der Waals surface area contributed by atoms with E-state index in [1.165, 1.54) is 18.2 Å². The quantitative estimate of drug-likeness (QED) is 0.548. The van der Waals surface area contributed by atoms with Gasteiger partial charge in [-0.2, -0.15) is 13.2 Å². The fourth-order valence-corrected chi connectivity index (χ4v) is 2.08. The van der Waals surface area contributed by atoms with Crippen molar-refractivity contribution in [1.29, 1.82) is 0 Å². The van der Waals surface area contributed by atoms with Crippen molar-refractivity contribution in [3.63, 3.8) is 0 Å². The van der Waals surface area contributed by atoms with Crippen molar-refractivity contribution in [1.82, 2.24) is 0 Å². The fourth-order valence-electron chi connectivity index (χ4n) is 1.96. The van der Waals surface area contributed by atoms with Crippen molar-refractivity contribution in [2.45, 2.75) is 6.18 Å². The van der Waals surface area contributed by atoms with Crippen LogP contribution < -0.4 is 4.74 Å². The molecule has 24 heavy (non-hydrogen) atoms. The Morgan fingerprint density at radius 1 is 1.08 bits per heavy atom. The van der Waals surface area contributed by atoms with Gasteiger partial charge in [-0.15, -0.1) is 0 Å². The maximum Gasteiger partial charge on any atom is 0.417 e. The van der Waals surface area contributed by atoms with Gasteiger partial charge in [0.15, 0.2) is 0 Å². The Balaban J connectivity index is 2.41. The lowest BCUT2D eigenvalue weighted by Gasteiger charge is -2.15. The molecule has 7 heteroatoms. The molecule has 3 nitrogen and oxygen atoms in total. The lowest BCUT2D eigenvalue weighted by atomic mass is 10.00. The number of methoxy groups -OCH3 is 1. The fraction of sp³-hybridized carbons (Fsp3) is 0.118. The minimum Gasteiger partial charge on any atom is -0.465 e. The van der Waals surface area contributed by atoms with Gasteiger partial charge in [0.1, 0.15) is 11.5 Å². The summed E-state index contributed by atoms with van der Waals surface area (Å²) in [4.78, 5) is 11.5. The van der Waals surface area contributed by atoms with E-state index in [1.807, 2.05) is 0 Å². The maximum absolute atomic E-state index is 13.3. The highest BCUT2D eigenvalue weighted by molar-refractivity contribution is 6.30. The summed E-state index contributed by atoms with van der Waals surface area (Å²) in [5, 5.41) is 0.475. The predicted octanol–water partition coefficient (Wildman–Crippen LogP) is 5.34. The molecule has 126 valence electrons. The Morgan fingerprint density at radius 3 is 2.21 bits per heavy atom. The first-order chi connectivity index (χ1) is 11.2. The number of rotatable bonds is 4. The number of alkyl halides is 3. The van der Waals surface area contributed by atoms with E-state index in [2.05, 4.69) is 11.3 Å². The molecule has 0 bridgehead atoms. The predicted molar refractivity (Wildman–Crippen MR) is 84.0 cm³/mol. The number of hydrogen-bond acceptors (Lipinski definition) is 3. The van der Waals surface area contributed by atoms with Crippen molar-refractivity contribution in [3.05, 3.63) is 65.2 Å². The van der Waals surface area contributed by atoms with Crippen LogP contribution in [0.4, 0.5) is 13.2 Å². The Morgan fingerprint density at radius 2 is 1.67 bits per heavy atom. The highest BCUT2D eigenvalue weighted by Gasteiger charge is 2.35. The molecule has 0 saturated carbocycles. The van der Waals surface area contributed by atoms with Crippen LogP contribution >= 0.6 is 11.6 Å². The average Bonchev–Trinajstić information content (AvgIpc) is 2.54. The van der Waals surface area contributed by atoms with E-state index >= 15 is 0 Å². The average molecular weight is 357 g/mol. The molecule has 2 aromatic rings. The third-order valence-corrected chi connectivity index (χ3v) is 3.35. The molecule has 0 N–H and O–H groups in total. The van der Waals surface area contributed by atoms with Gasteiger partial charge < -0.3 is 9.47 Å². The first kappa shape index (κ1) is 17.9. The van der Waals surface area contributed by atoms with Gasteiger partial charge in [-0.1, -0.05) is 18.2 Å². The highest BCUT2D eigenvalue weighted by Crippen LogP contribution is 2.38. The molecule has 2 aromatic carbocycles. The molecule has 0 aliphatic rings. The van der Waals surface area contributed by atoms with Gasteiger partial charge in [0.2, 0.25) is 0 Å². The number of esters is 1. The van der Waals surface area contributed by atoms with E-state index in [9.17, 15) is 18.0 Å². The smallest absolute Gasteiger partial charge is 0.417 e. The Labute approximate surface area is 141 Å². The van der Waals surface area contributed by atoms with Gasteiger partial charge in [0.25, 0.3) is 0 Å². The number of halogens is 4. The Bertz CT molecular complexity index is 768. The van der Waals surface area contributed by atoms with Crippen molar-refractivity contribution in [2.75, 3.05) is 7.11 Å². The third kappa shape index (κ3) is 4.08.